The van der Waals surface area contributed by atoms with Crippen molar-refractivity contribution < 1.29 is 32.5 Å². The molecule has 0 fully saturated rings. The Morgan fingerprint density at radius 1 is 0.769 bits per heavy atom. The first-order valence-electron chi connectivity index (χ1n) is 9.87. The van der Waals surface area contributed by atoms with E-state index < -0.39 is 16.5 Å². The summed E-state index contributed by atoms with van der Waals surface area (Å²) in [7, 11) is -4.67. The van der Waals surface area contributed by atoms with Gasteiger partial charge in [0.2, 0.25) is 0 Å². The molecular weight excluding hydrogens is 360 g/mol. The average molecular weight is 401 g/mol. The second-order valence-corrected chi connectivity index (χ2v) is 7.50. The van der Waals surface area contributed by atoms with Crippen LogP contribution in [0.2, 0.25) is 0 Å². The van der Waals surface area contributed by atoms with Crippen LogP contribution in [-0.4, -0.2) is 53.7 Å². The van der Waals surface area contributed by atoms with Crippen LogP contribution < -0.4 is 0 Å². The molecule has 0 bridgehead atoms. The van der Waals surface area contributed by atoms with E-state index in [-0.39, 0.29) is 13.2 Å². The van der Waals surface area contributed by atoms with Gasteiger partial charge in [-0.1, -0.05) is 84.0 Å². The van der Waals surface area contributed by atoms with Gasteiger partial charge in [0, 0.05) is 6.61 Å². The maximum absolute atomic E-state index is 9.09. The van der Waals surface area contributed by atoms with Crippen molar-refractivity contribution >= 4 is 10.4 Å². The van der Waals surface area contributed by atoms with Crippen LogP contribution in [0.1, 0.15) is 90.4 Å². The SMILES string of the molecule is CCCCCCCCCCCCCCCOCC(O)CO.O=S(=O)(O)O. The number of aliphatic hydroxyl groups is 2. The second kappa shape index (κ2) is 21.1. The maximum Gasteiger partial charge on any atom is 0.394 e. The Hall–Kier alpha value is -0.250. The Morgan fingerprint density at radius 2 is 1.12 bits per heavy atom. The fourth-order valence-electron chi connectivity index (χ4n) is 2.49. The van der Waals surface area contributed by atoms with E-state index >= 15 is 0 Å². The molecule has 0 aromatic carbocycles. The molecule has 0 heterocycles. The fourth-order valence-corrected chi connectivity index (χ4v) is 2.49. The van der Waals surface area contributed by atoms with Gasteiger partial charge in [0.05, 0.1) is 13.2 Å². The van der Waals surface area contributed by atoms with Crippen LogP contribution in [0.4, 0.5) is 0 Å². The highest BCUT2D eigenvalue weighted by Crippen LogP contribution is 2.12. The lowest BCUT2D eigenvalue weighted by Crippen LogP contribution is -2.19. The average Bonchev–Trinajstić information content (AvgIpc) is 2.56. The normalized spacial score (nSPS) is 12.5. The summed E-state index contributed by atoms with van der Waals surface area (Å²) < 4.78 is 36.9. The van der Waals surface area contributed by atoms with Gasteiger partial charge in [-0.15, -0.1) is 0 Å². The molecular formula is C18H40O7S. The standard InChI is InChI=1S/C18H38O3.H2O4S/c1-2-3-4-5-6-7-8-9-10-11-12-13-14-15-21-17-18(20)16-19;1-5(2,3)4/h18-20H,2-17H2,1H3;(H2,1,2,3,4). The molecule has 8 heteroatoms. The Bertz CT molecular complexity index is 353. The van der Waals surface area contributed by atoms with Gasteiger partial charge in [-0.25, -0.2) is 0 Å². The molecule has 0 aromatic rings. The van der Waals surface area contributed by atoms with Crippen molar-refractivity contribution in [3.05, 3.63) is 0 Å². The van der Waals surface area contributed by atoms with E-state index in [2.05, 4.69) is 6.92 Å². The topological polar surface area (TPSA) is 124 Å². The summed E-state index contributed by atoms with van der Waals surface area (Å²) in [6.45, 7) is 3.02. The van der Waals surface area contributed by atoms with Crippen molar-refractivity contribution in [2.75, 3.05) is 19.8 Å². The molecule has 0 aliphatic rings. The molecule has 160 valence electrons. The predicted octanol–water partition coefficient (Wildman–Crippen LogP) is 3.79. The van der Waals surface area contributed by atoms with Crippen molar-refractivity contribution in [3.63, 3.8) is 0 Å². The van der Waals surface area contributed by atoms with Crippen LogP contribution in [0.3, 0.4) is 0 Å². The van der Waals surface area contributed by atoms with Gasteiger partial charge in [0.25, 0.3) is 0 Å². The number of ether oxygens (including phenoxy) is 1. The zero-order chi connectivity index (χ0) is 20.1. The first-order valence-corrected chi connectivity index (χ1v) is 11.3. The first-order chi connectivity index (χ1) is 12.3. The Balaban J connectivity index is 0. The van der Waals surface area contributed by atoms with Crippen LogP contribution in [0.25, 0.3) is 0 Å². The Morgan fingerprint density at radius 3 is 1.46 bits per heavy atom. The molecule has 0 radical (unpaired) electrons. The van der Waals surface area contributed by atoms with E-state index in [0.29, 0.717) is 6.61 Å². The quantitative estimate of drug-likeness (QED) is 0.216. The molecule has 26 heavy (non-hydrogen) atoms. The van der Waals surface area contributed by atoms with Crippen LogP contribution in [0.15, 0.2) is 0 Å². The molecule has 1 unspecified atom stereocenters. The smallest absolute Gasteiger partial charge is 0.394 e. The van der Waals surface area contributed by atoms with Crippen molar-refractivity contribution in [3.8, 4) is 0 Å². The van der Waals surface area contributed by atoms with Crippen molar-refractivity contribution in [2.45, 2.75) is 96.5 Å². The van der Waals surface area contributed by atoms with Gasteiger partial charge in [0.1, 0.15) is 6.10 Å². The second-order valence-electron chi connectivity index (χ2n) is 6.60. The lowest BCUT2D eigenvalue weighted by atomic mass is 10.0. The molecule has 0 saturated heterocycles. The number of hydrogen-bond donors (Lipinski definition) is 4. The van der Waals surface area contributed by atoms with Gasteiger partial charge in [0.15, 0.2) is 0 Å². The predicted molar refractivity (Wildman–Crippen MR) is 104 cm³/mol. The third-order valence-electron chi connectivity index (χ3n) is 3.91. The molecule has 0 rings (SSSR count). The zero-order valence-corrected chi connectivity index (χ0v) is 17.1. The Labute approximate surface area is 159 Å². The summed E-state index contributed by atoms with van der Waals surface area (Å²) in [5.74, 6) is 0. The van der Waals surface area contributed by atoms with Crippen LogP contribution >= 0.6 is 0 Å². The third kappa shape index (κ3) is 35.0. The van der Waals surface area contributed by atoms with E-state index in [9.17, 15) is 0 Å². The number of unbranched alkanes of at least 4 members (excludes halogenated alkanes) is 12. The molecule has 0 saturated carbocycles. The van der Waals surface area contributed by atoms with Crippen molar-refractivity contribution in [1.29, 1.82) is 0 Å². The third-order valence-corrected chi connectivity index (χ3v) is 3.91. The van der Waals surface area contributed by atoms with Crippen LogP contribution in [-0.2, 0) is 15.1 Å². The molecule has 4 N–H and O–H groups in total. The highest BCUT2D eigenvalue weighted by atomic mass is 32.3. The van der Waals surface area contributed by atoms with Gasteiger partial charge < -0.3 is 14.9 Å². The molecule has 0 aliphatic carbocycles. The van der Waals surface area contributed by atoms with Gasteiger partial charge in [-0.2, -0.15) is 8.42 Å². The monoisotopic (exact) mass is 400 g/mol. The van der Waals surface area contributed by atoms with E-state index in [1.54, 1.807) is 0 Å². The molecule has 0 amide bonds. The largest absolute Gasteiger partial charge is 0.394 e. The lowest BCUT2D eigenvalue weighted by Gasteiger charge is -2.08. The minimum Gasteiger partial charge on any atom is -0.394 e. The summed E-state index contributed by atoms with van der Waals surface area (Å²) in [5, 5.41) is 17.7. The molecule has 0 aromatic heterocycles. The van der Waals surface area contributed by atoms with Gasteiger partial charge >= 0.3 is 10.4 Å². The minimum absolute atomic E-state index is 0.210. The summed E-state index contributed by atoms with van der Waals surface area (Å²) in [6.07, 6.45) is 16.8. The van der Waals surface area contributed by atoms with Gasteiger partial charge in [-0.05, 0) is 6.42 Å². The zero-order valence-electron chi connectivity index (χ0n) is 16.3. The van der Waals surface area contributed by atoms with E-state index in [1.807, 2.05) is 0 Å². The van der Waals surface area contributed by atoms with Crippen LogP contribution in [0, 0.1) is 0 Å². The van der Waals surface area contributed by atoms with E-state index in [4.69, 9.17) is 32.5 Å². The summed E-state index contributed by atoms with van der Waals surface area (Å²) >= 11 is 0. The fraction of sp³-hybridized carbons (Fsp3) is 1.00. The van der Waals surface area contributed by atoms with Crippen molar-refractivity contribution in [2.24, 2.45) is 0 Å². The van der Waals surface area contributed by atoms with E-state index in [1.165, 1.54) is 77.0 Å². The van der Waals surface area contributed by atoms with Gasteiger partial charge in [-0.3, -0.25) is 9.11 Å². The van der Waals surface area contributed by atoms with Crippen molar-refractivity contribution in [1.82, 2.24) is 0 Å². The lowest BCUT2D eigenvalue weighted by molar-refractivity contribution is 0.00526. The molecule has 0 aliphatic heterocycles. The number of rotatable bonds is 17. The molecule has 7 nitrogen and oxygen atoms in total. The summed E-state index contributed by atoms with van der Waals surface area (Å²) in [4.78, 5) is 0. The number of hydrogen-bond acceptors (Lipinski definition) is 5. The molecule has 1 atom stereocenters. The Kier molecular flexibility index (Phi) is 22.6. The highest BCUT2D eigenvalue weighted by molar-refractivity contribution is 7.79. The summed E-state index contributed by atoms with van der Waals surface area (Å²) in [6, 6.07) is 0. The maximum atomic E-state index is 9.09. The first kappa shape index (κ1) is 28.0. The highest BCUT2D eigenvalue weighted by Gasteiger charge is 2.00. The van der Waals surface area contributed by atoms with E-state index in [0.717, 1.165) is 6.42 Å². The van der Waals surface area contributed by atoms with Crippen LogP contribution in [0.5, 0.6) is 0 Å². The number of aliphatic hydroxyl groups excluding tert-OH is 2. The minimum atomic E-state index is -4.67. The summed E-state index contributed by atoms with van der Waals surface area (Å²) in [5.41, 5.74) is 0. The molecule has 0 spiro atoms.